The van der Waals surface area contributed by atoms with E-state index in [1.54, 1.807) is 0 Å². The summed E-state index contributed by atoms with van der Waals surface area (Å²) in [6, 6.07) is 0.750. The molecule has 2 aliphatic rings. The van der Waals surface area contributed by atoms with Gasteiger partial charge in [-0.3, -0.25) is 4.79 Å². The van der Waals surface area contributed by atoms with Gasteiger partial charge < -0.3 is 9.64 Å². The molecule has 0 unspecified atom stereocenters. The van der Waals surface area contributed by atoms with Crippen molar-refractivity contribution < 1.29 is 9.53 Å². The molecule has 4 heteroatoms. The normalized spacial score (nSPS) is 27.9. The highest BCUT2D eigenvalue weighted by Gasteiger charge is 2.28. The van der Waals surface area contributed by atoms with E-state index in [2.05, 4.69) is 18.7 Å². The van der Waals surface area contributed by atoms with Crippen molar-refractivity contribution in [1.29, 1.82) is 0 Å². The Bertz CT molecular complexity index is 282. The summed E-state index contributed by atoms with van der Waals surface area (Å²) < 4.78 is 5.58. The molecule has 1 heterocycles. The molecular weight excluding hydrogens is 274 g/mol. The first-order chi connectivity index (χ1) is 9.15. The minimum absolute atomic E-state index is 0. The van der Waals surface area contributed by atoms with Crippen molar-refractivity contribution >= 4 is 18.4 Å². The number of halogens is 1. The molecule has 0 atom stereocenters. The lowest BCUT2D eigenvalue weighted by atomic mass is 9.90. The summed E-state index contributed by atoms with van der Waals surface area (Å²) in [6.07, 6.45) is 9.42. The fraction of sp³-hybridized carbons (Fsp3) is 0.938. The number of esters is 1. The van der Waals surface area contributed by atoms with Crippen LogP contribution in [0.25, 0.3) is 0 Å². The molecule has 3 nitrogen and oxygen atoms in total. The molecule has 2 rings (SSSR count). The first kappa shape index (κ1) is 17.8. The van der Waals surface area contributed by atoms with E-state index >= 15 is 0 Å². The minimum Gasteiger partial charge on any atom is -0.462 e. The van der Waals surface area contributed by atoms with Gasteiger partial charge in [0.1, 0.15) is 6.10 Å². The van der Waals surface area contributed by atoms with E-state index in [0.29, 0.717) is 12.3 Å². The Morgan fingerprint density at radius 1 is 1.10 bits per heavy atom. The van der Waals surface area contributed by atoms with Gasteiger partial charge >= 0.3 is 5.97 Å². The highest BCUT2D eigenvalue weighted by atomic mass is 35.5. The lowest BCUT2D eigenvalue weighted by Gasteiger charge is -2.38. The van der Waals surface area contributed by atoms with E-state index in [-0.39, 0.29) is 24.5 Å². The molecule has 1 saturated carbocycles. The minimum atomic E-state index is -0.00331. The molecule has 1 saturated heterocycles. The van der Waals surface area contributed by atoms with Crippen molar-refractivity contribution in [3.63, 3.8) is 0 Å². The van der Waals surface area contributed by atoms with E-state index in [4.69, 9.17) is 4.74 Å². The highest BCUT2D eigenvalue weighted by Crippen LogP contribution is 2.27. The molecule has 20 heavy (non-hydrogen) atoms. The number of hydrogen-bond acceptors (Lipinski definition) is 3. The van der Waals surface area contributed by atoms with Gasteiger partial charge in [0.15, 0.2) is 0 Å². The van der Waals surface area contributed by atoms with Crippen LogP contribution in [0.5, 0.6) is 0 Å². The molecule has 118 valence electrons. The zero-order chi connectivity index (χ0) is 13.7. The zero-order valence-electron chi connectivity index (χ0n) is 13.0. The number of hydrogen-bond donors (Lipinski definition) is 0. The largest absolute Gasteiger partial charge is 0.462 e. The van der Waals surface area contributed by atoms with Crippen LogP contribution in [0, 0.1) is 5.92 Å². The van der Waals surface area contributed by atoms with Crippen LogP contribution >= 0.6 is 12.4 Å². The summed E-state index contributed by atoms with van der Waals surface area (Å²) in [5.41, 5.74) is 0. The van der Waals surface area contributed by atoms with E-state index in [1.165, 1.54) is 45.2 Å². The van der Waals surface area contributed by atoms with Crippen LogP contribution in [0.3, 0.4) is 0 Å². The van der Waals surface area contributed by atoms with Gasteiger partial charge in [-0.1, -0.05) is 20.3 Å². The predicted octanol–water partition coefficient (Wildman–Crippen LogP) is 3.79. The van der Waals surface area contributed by atoms with Gasteiger partial charge in [0, 0.05) is 12.5 Å². The maximum atomic E-state index is 11.7. The average Bonchev–Trinajstić information content (AvgIpc) is 2.39. The van der Waals surface area contributed by atoms with Crippen molar-refractivity contribution in [3.05, 3.63) is 0 Å². The Morgan fingerprint density at radius 2 is 1.70 bits per heavy atom. The Kier molecular flexibility index (Phi) is 7.90. The van der Waals surface area contributed by atoms with Gasteiger partial charge in [-0.2, -0.15) is 0 Å². The predicted molar refractivity (Wildman–Crippen MR) is 84.3 cm³/mol. The van der Waals surface area contributed by atoms with Gasteiger partial charge in [-0.15, -0.1) is 12.4 Å². The van der Waals surface area contributed by atoms with E-state index in [1.807, 2.05) is 0 Å². The zero-order valence-corrected chi connectivity index (χ0v) is 13.8. The monoisotopic (exact) mass is 303 g/mol. The summed E-state index contributed by atoms with van der Waals surface area (Å²) in [7, 11) is 0. The highest BCUT2D eigenvalue weighted by molar-refractivity contribution is 5.85. The number of carbonyl (C=O) groups excluding carboxylic acids is 1. The second kappa shape index (κ2) is 8.89. The van der Waals surface area contributed by atoms with Crippen LogP contribution < -0.4 is 0 Å². The molecular formula is C16H30ClNO2. The molecule has 0 aromatic carbocycles. The standard InChI is InChI=1S/C16H29NO2.ClH/c1-13(2)12-16(18)19-15-8-6-14(7-9-15)17-10-4-3-5-11-17;/h13-15H,3-12H2,1-2H3;1H. The lowest BCUT2D eigenvalue weighted by Crippen LogP contribution is -2.42. The third-order valence-corrected chi connectivity index (χ3v) is 4.42. The van der Waals surface area contributed by atoms with Crippen molar-refractivity contribution in [2.24, 2.45) is 5.92 Å². The number of piperidine rings is 1. The van der Waals surface area contributed by atoms with Crippen LogP contribution in [0.1, 0.15) is 65.2 Å². The number of nitrogens with zero attached hydrogens (tertiary/aromatic N) is 1. The van der Waals surface area contributed by atoms with Crippen LogP contribution in [0.2, 0.25) is 0 Å². The summed E-state index contributed by atoms with van der Waals surface area (Å²) in [5.74, 6) is 0.397. The number of rotatable bonds is 4. The van der Waals surface area contributed by atoms with Gasteiger partial charge in [0.05, 0.1) is 0 Å². The van der Waals surface area contributed by atoms with E-state index < -0.39 is 0 Å². The molecule has 1 aliphatic heterocycles. The number of ether oxygens (including phenoxy) is 1. The Morgan fingerprint density at radius 3 is 2.25 bits per heavy atom. The fourth-order valence-corrected chi connectivity index (χ4v) is 3.38. The maximum Gasteiger partial charge on any atom is 0.306 e. The molecule has 1 aliphatic carbocycles. The molecule has 0 spiro atoms. The number of likely N-dealkylation sites (tertiary alicyclic amines) is 1. The maximum absolute atomic E-state index is 11.7. The van der Waals surface area contributed by atoms with Crippen molar-refractivity contribution in [3.8, 4) is 0 Å². The third-order valence-electron chi connectivity index (χ3n) is 4.42. The van der Waals surface area contributed by atoms with Crippen molar-refractivity contribution in [2.45, 2.75) is 77.4 Å². The molecule has 0 aromatic rings. The third kappa shape index (κ3) is 5.61. The fourth-order valence-electron chi connectivity index (χ4n) is 3.38. The van der Waals surface area contributed by atoms with Crippen LogP contribution in [0.4, 0.5) is 0 Å². The summed E-state index contributed by atoms with van der Waals surface area (Å²) in [5, 5.41) is 0. The second-order valence-corrected chi connectivity index (χ2v) is 6.61. The van der Waals surface area contributed by atoms with Gasteiger partial charge in [0.25, 0.3) is 0 Å². The summed E-state index contributed by atoms with van der Waals surface area (Å²) >= 11 is 0. The quantitative estimate of drug-likeness (QED) is 0.740. The average molecular weight is 304 g/mol. The van der Waals surface area contributed by atoms with E-state index in [0.717, 1.165) is 18.9 Å². The SMILES string of the molecule is CC(C)CC(=O)OC1CCC(N2CCCCC2)CC1.Cl. The van der Waals surface area contributed by atoms with Crippen LogP contribution in [0.15, 0.2) is 0 Å². The second-order valence-electron chi connectivity index (χ2n) is 6.61. The van der Waals surface area contributed by atoms with Crippen LogP contribution in [-0.4, -0.2) is 36.1 Å². The Labute approximate surface area is 129 Å². The van der Waals surface area contributed by atoms with Gasteiger partial charge in [0.2, 0.25) is 0 Å². The molecule has 0 aromatic heterocycles. The molecule has 0 N–H and O–H groups in total. The number of carbonyl (C=O) groups is 1. The van der Waals surface area contributed by atoms with Crippen molar-refractivity contribution in [2.75, 3.05) is 13.1 Å². The van der Waals surface area contributed by atoms with E-state index in [9.17, 15) is 4.79 Å². The Hall–Kier alpha value is -0.280. The lowest BCUT2D eigenvalue weighted by molar-refractivity contribution is -0.152. The first-order valence-corrected chi connectivity index (χ1v) is 8.08. The molecule has 0 bridgehead atoms. The Balaban J connectivity index is 0.00000200. The van der Waals surface area contributed by atoms with Gasteiger partial charge in [-0.25, -0.2) is 0 Å². The summed E-state index contributed by atoms with van der Waals surface area (Å²) in [6.45, 7) is 6.69. The topological polar surface area (TPSA) is 29.5 Å². The smallest absolute Gasteiger partial charge is 0.306 e. The molecule has 0 amide bonds. The van der Waals surface area contributed by atoms with Gasteiger partial charge in [-0.05, 0) is 57.5 Å². The first-order valence-electron chi connectivity index (χ1n) is 8.08. The van der Waals surface area contributed by atoms with Crippen LogP contribution in [-0.2, 0) is 9.53 Å². The van der Waals surface area contributed by atoms with Crippen molar-refractivity contribution in [1.82, 2.24) is 4.90 Å². The molecule has 2 fully saturated rings. The summed E-state index contributed by atoms with van der Waals surface area (Å²) in [4.78, 5) is 14.3. The molecule has 0 radical (unpaired) electrons.